The maximum atomic E-state index is 13.6. The van der Waals surface area contributed by atoms with Crippen molar-refractivity contribution in [2.24, 2.45) is 0 Å². The third kappa shape index (κ3) is 6.12. The van der Waals surface area contributed by atoms with E-state index in [2.05, 4.69) is 30.3 Å². The Morgan fingerprint density at radius 2 is 2.00 bits per heavy atom. The number of nitrogens with one attached hydrogen (secondary N) is 2. The van der Waals surface area contributed by atoms with Crippen molar-refractivity contribution in [3.63, 3.8) is 0 Å². The van der Waals surface area contributed by atoms with Gasteiger partial charge in [0.25, 0.3) is 5.88 Å². The minimum Gasteiger partial charge on any atom is -0.483 e. The molecule has 31 heavy (non-hydrogen) atoms. The number of ether oxygens (including phenoxy) is 3. The van der Waals surface area contributed by atoms with E-state index in [1.165, 1.54) is 25.6 Å². The van der Waals surface area contributed by atoms with Crippen LogP contribution in [0.25, 0.3) is 10.8 Å². The molecule has 3 rings (SSSR count). The molecule has 2 N–H and O–H groups in total. The van der Waals surface area contributed by atoms with E-state index in [1.807, 2.05) is 12.3 Å². The number of rotatable bonds is 8. The highest BCUT2D eigenvalue weighted by Crippen LogP contribution is 2.39. The topological polar surface area (TPSA) is 107 Å². The van der Waals surface area contributed by atoms with Crippen molar-refractivity contribution < 1.29 is 27.8 Å². The van der Waals surface area contributed by atoms with Crippen molar-refractivity contribution in [3.05, 3.63) is 11.1 Å². The van der Waals surface area contributed by atoms with Crippen molar-refractivity contribution in [1.82, 2.24) is 20.3 Å². The van der Waals surface area contributed by atoms with Gasteiger partial charge in [-0.05, 0) is 19.8 Å². The molecule has 0 unspecified atom stereocenters. The largest absolute Gasteiger partial charge is 0.483 e. The Labute approximate surface area is 182 Å². The van der Waals surface area contributed by atoms with Crippen LogP contribution in [0.3, 0.4) is 0 Å². The minimum absolute atomic E-state index is 0.0992. The van der Waals surface area contributed by atoms with E-state index in [4.69, 9.17) is 9.47 Å². The Morgan fingerprint density at radius 1 is 1.26 bits per heavy atom. The van der Waals surface area contributed by atoms with Crippen molar-refractivity contribution in [2.75, 3.05) is 32.7 Å². The first-order chi connectivity index (χ1) is 14.8. The third-order valence-corrected chi connectivity index (χ3v) is 5.66. The zero-order valence-corrected chi connectivity index (χ0v) is 18.4. The van der Waals surface area contributed by atoms with E-state index in [0.29, 0.717) is 29.5 Å². The second-order valence-corrected chi connectivity index (χ2v) is 7.93. The molecule has 0 aromatic carbocycles. The van der Waals surface area contributed by atoms with Gasteiger partial charge in [-0.1, -0.05) is 0 Å². The molecule has 2 aromatic heterocycles. The fraction of sp³-hybridized carbons (Fsp3) is 0.579. The zero-order valence-electron chi connectivity index (χ0n) is 17.5. The second-order valence-electron chi connectivity index (χ2n) is 7.07. The lowest BCUT2D eigenvalue weighted by atomic mass is 9.92. The highest BCUT2D eigenvalue weighted by molar-refractivity contribution is 7.13. The summed E-state index contributed by atoms with van der Waals surface area (Å²) in [5, 5.41) is 8.21. The lowest BCUT2D eigenvalue weighted by Gasteiger charge is -2.29. The first-order valence-corrected chi connectivity index (χ1v) is 10.7. The van der Waals surface area contributed by atoms with E-state index in [0.717, 1.165) is 5.69 Å². The van der Waals surface area contributed by atoms with Gasteiger partial charge in [-0.2, -0.15) is 4.98 Å². The molecule has 0 spiro atoms. The SMILES string of the molecule is COC(=O)NCCOc1c(NC2CCC(F)(F)CC2)nc(-c2nc(C)cs2)nc1OC. The summed E-state index contributed by atoms with van der Waals surface area (Å²) >= 11 is 1.39. The van der Waals surface area contributed by atoms with Gasteiger partial charge in [0.1, 0.15) is 6.61 Å². The molecule has 2 aromatic rings. The number of amides is 1. The van der Waals surface area contributed by atoms with Crippen LogP contribution in [0.2, 0.25) is 0 Å². The maximum Gasteiger partial charge on any atom is 0.406 e. The molecular formula is C19H25F2N5O4S. The monoisotopic (exact) mass is 457 g/mol. The number of hydrogen-bond donors (Lipinski definition) is 2. The summed E-state index contributed by atoms with van der Waals surface area (Å²) < 4.78 is 42.8. The summed E-state index contributed by atoms with van der Waals surface area (Å²) in [6.07, 6.45) is -0.361. The number of halogens is 2. The molecule has 170 valence electrons. The molecule has 1 saturated carbocycles. The van der Waals surface area contributed by atoms with Crippen LogP contribution in [0.5, 0.6) is 11.6 Å². The van der Waals surface area contributed by atoms with Gasteiger partial charge in [0.15, 0.2) is 16.6 Å². The van der Waals surface area contributed by atoms with Gasteiger partial charge in [-0.15, -0.1) is 11.3 Å². The van der Waals surface area contributed by atoms with Gasteiger partial charge in [0.2, 0.25) is 11.7 Å². The number of anilines is 1. The highest BCUT2D eigenvalue weighted by atomic mass is 32.1. The Kier molecular flexibility index (Phi) is 7.42. The molecular weight excluding hydrogens is 432 g/mol. The predicted octanol–water partition coefficient (Wildman–Crippen LogP) is 3.64. The number of aryl methyl sites for hydroxylation is 1. The Hall–Kier alpha value is -2.76. The molecule has 0 aliphatic heterocycles. The lowest BCUT2D eigenvalue weighted by molar-refractivity contribution is -0.0361. The molecule has 12 heteroatoms. The number of hydrogen-bond acceptors (Lipinski definition) is 9. The molecule has 0 radical (unpaired) electrons. The molecule has 1 fully saturated rings. The summed E-state index contributed by atoms with van der Waals surface area (Å²) in [5.41, 5.74) is 0.834. The molecule has 1 amide bonds. The van der Waals surface area contributed by atoms with Crippen molar-refractivity contribution in [2.45, 2.75) is 44.6 Å². The number of methoxy groups -OCH3 is 2. The molecule has 2 heterocycles. The number of aromatic nitrogens is 3. The Balaban J connectivity index is 1.84. The van der Waals surface area contributed by atoms with E-state index in [-0.39, 0.29) is 43.7 Å². The van der Waals surface area contributed by atoms with Crippen LogP contribution in [0.15, 0.2) is 5.38 Å². The number of nitrogens with zero attached hydrogens (tertiary/aromatic N) is 3. The van der Waals surface area contributed by atoms with Gasteiger partial charge in [0.05, 0.1) is 20.8 Å². The Bertz CT molecular complexity index is 901. The number of thiazole rings is 1. The van der Waals surface area contributed by atoms with Crippen molar-refractivity contribution in [3.8, 4) is 22.5 Å². The molecule has 1 aliphatic rings. The van der Waals surface area contributed by atoms with Gasteiger partial charge in [-0.3, -0.25) is 0 Å². The minimum atomic E-state index is -2.63. The normalized spacial score (nSPS) is 15.9. The fourth-order valence-corrected chi connectivity index (χ4v) is 3.83. The van der Waals surface area contributed by atoms with Crippen LogP contribution >= 0.6 is 11.3 Å². The summed E-state index contributed by atoms with van der Waals surface area (Å²) in [5.74, 6) is -1.53. The quantitative estimate of drug-likeness (QED) is 0.579. The smallest absolute Gasteiger partial charge is 0.406 e. The third-order valence-electron chi connectivity index (χ3n) is 4.70. The van der Waals surface area contributed by atoms with E-state index >= 15 is 0 Å². The first-order valence-electron chi connectivity index (χ1n) is 9.79. The van der Waals surface area contributed by atoms with Crippen LogP contribution in [0, 0.1) is 6.92 Å². The second kappa shape index (κ2) is 10.0. The predicted molar refractivity (Wildman–Crippen MR) is 111 cm³/mol. The van der Waals surface area contributed by atoms with Crippen LogP contribution in [-0.2, 0) is 4.74 Å². The summed E-state index contributed by atoms with van der Waals surface area (Å²) in [7, 11) is 2.71. The van der Waals surface area contributed by atoms with Crippen molar-refractivity contribution >= 4 is 23.2 Å². The van der Waals surface area contributed by atoms with Gasteiger partial charge >= 0.3 is 6.09 Å². The lowest BCUT2D eigenvalue weighted by Crippen LogP contribution is -2.32. The summed E-state index contributed by atoms with van der Waals surface area (Å²) in [6.45, 7) is 2.14. The van der Waals surface area contributed by atoms with Crippen LogP contribution in [-0.4, -0.2) is 60.4 Å². The molecule has 0 bridgehead atoms. The van der Waals surface area contributed by atoms with Gasteiger partial charge < -0.3 is 24.8 Å². The standard InChI is InChI=1S/C19H25F2N5O4S/c1-11-10-31-17(23-11)15-25-14(24-12-4-6-19(20,21)7-5-12)13(16(26-15)28-2)30-9-8-22-18(27)29-3/h10,12H,4-9H2,1-3H3,(H,22,27)(H,24,25,26). The maximum absolute atomic E-state index is 13.6. The summed E-state index contributed by atoms with van der Waals surface area (Å²) in [6, 6.07) is -0.194. The average molecular weight is 458 g/mol. The first kappa shape index (κ1) is 22.9. The summed E-state index contributed by atoms with van der Waals surface area (Å²) in [4.78, 5) is 24.6. The van der Waals surface area contributed by atoms with Gasteiger partial charge in [0, 0.05) is 30.0 Å². The molecule has 1 aliphatic carbocycles. The highest BCUT2D eigenvalue weighted by Gasteiger charge is 2.35. The van der Waals surface area contributed by atoms with Crippen molar-refractivity contribution in [1.29, 1.82) is 0 Å². The number of alkyl halides is 2. The van der Waals surface area contributed by atoms with Crippen LogP contribution in [0.1, 0.15) is 31.4 Å². The fourth-order valence-electron chi connectivity index (χ4n) is 3.10. The number of alkyl carbamates (subject to hydrolysis) is 1. The van der Waals surface area contributed by atoms with Crippen LogP contribution < -0.4 is 20.1 Å². The molecule has 0 saturated heterocycles. The van der Waals surface area contributed by atoms with E-state index in [9.17, 15) is 13.6 Å². The Morgan fingerprint density at radius 3 is 2.61 bits per heavy atom. The van der Waals surface area contributed by atoms with E-state index < -0.39 is 12.0 Å². The number of carbonyl (C=O) groups excluding carboxylic acids is 1. The van der Waals surface area contributed by atoms with E-state index in [1.54, 1.807) is 0 Å². The van der Waals surface area contributed by atoms with Gasteiger partial charge in [-0.25, -0.2) is 23.5 Å². The zero-order chi connectivity index (χ0) is 22.4. The molecule has 0 atom stereocenters. The average Bonchev–Trinajstić information content (AvgIpc) is 3.19. The van der Waals surface area contributed by atoms with Crippen LogP contribution in [0.4, 0.5) is 19.4 Å². The number of carbonyl (C=O) groups is 1. The molecule has 9 nitrogen and oxygen atoms in total.